The van der Waals surface area contributed by atoms with E-state index in [1.54, 1.807) is 60.9 Å². The van der Waals surface area contributed by atoms with E-state index in [0.29, 0.717) is 16.8 Å². The molecule has 10 heteroatoms. The van der Waals surface area contributed by atoms with E-state index >= 15 is 0 Å². The molecule has 3 heterocycles. The van der Waals surface area contributed by atoms with Gasteiger partial charge in [-0.1, -0.05) is 30.3 Å². The third-order valence-electron chi connectivity index (χ3n) is 6.03. The molecule has 0 aliphatic carbocycles. The van der Waals surface area contributed by atoms with Crippen molar-refractivity contribution in [2.75, 3.05) is 5.32 Å². The van der Waals surface area contributed by atoms with Crippen LogP contribution >= 0.6 is 0 Å². The third-order valence-corrected chi connectivity index (χ3v) is 6.03. The number of cyclic esters (lactones) is 1. The molecule has 0 unspecified atom stereocenters. The predicted octanol–water partition coefficient (Wildman–Crippen LogP) is 4.44. The lowest BCUT2D eigenvalue weighted by Crippen LogP contribution is -2.46. The fraction of sp³-hybridized carbons (Fsp3) is 0.143. The normalized spacial score (nSPS) is 16.7. The second-order valence-corrected chi connectivity index (χ2v) is 8.64. The lowest BCUT2D eigenvalue weighted by molar-refractivity contribution is -0.126. The number of aromatic nitrogens is 1. The minimum absolute atomic E-state index is 0.0185. The van der Waals surface area contributed by atoms with E-state index in [-0.39, 0.29) is 18.8 Å². The number of ether oxygens (including phenoxy) is 1. The molecule has 1 fully saturated rings. The fourth-order valence-corrected chi connectivity index (χ4v) is 4.20. The fourth-order valence-electron chi connectivity index (χ4n) is 4.20. The molecule has 0 spiro atoms. The van der Waals surface area contributed by atoms with Crippen LogP contribution in [-0.4, -0.2) is 33.8 Å². The van der Waals surface area contributed by atoms with Crippen molar-refractivity contribution < 1.29 is 27.9 Å². The number of amides is 3. The van der Waals surface area contributed by atoms with Gasteiger partial charge in [0, 0.05) is 24.6 Å². The number of nitrogens with one attached hydrogen (secondary N) is 2. The number of rotatable bonds is 8. The van der Waals surface area contributed by atoms with Gasteiger partial charge in [-0.05, 0) is 59.2 Å². The van der Waals surface area contributed by atoms with Gasteiger partial charge in [-0.2, -0.15) is 0 Å². The largest absolute Gasteiger partial charge is 0.459 e. The molecular weight excluding hydrogens is 491 g/mol. The first-order valence-electron chi connectivity index (χ1n) is 11.8. The molecule has 2 aromatic carbocycles. The molecule has 0 radical (unpaired) electrons. The highest BCUT2D eigenvalue weighted by Gasteiger charge is 2.47. The molecule has 192 valence electrons. The molecule has 0 saturated carbocycles. The molecule has 1 aliphatic heterocycles. The number of carbonyl (C=O) groups is 3. The number of furan rings is 1. The van der Waals surface area contributed by atoms with Crippen molar-refractivity contribution >= 4 is 23.6 Å². The maximum absolute atomic E-state index is 13.8. The molecule has 1 aliphatic rings. The van der Waals surface area contributed by atoms with Gasteiger partial charge < -0.3 is 19.8 Å². The van der Waals surface area contributed by atoms with E-state index in [1.165, 1.54) is 29.4 Å². The van der Waals surface area contributed by atoms with E-state index in [9.17, 15) is 18.8 Å². The SMILES string of the molecule is O=C(Nc1ccc([C@@H]2OC(=O)N(Cc3cccc(F)c3)[C@H]2C(=O)NCc2cccnc2)cc1)c1ccco1. The molecule has 9 nitrogen and oxygen atoms in total. The van der Waals surface area contributed by atoms with Gasteiger partial charge >= 0.3 is 6.09 Å². The predicted molar refractivity (Wildman–Crippen MR) is 134 cm³/mol. The van der Waals surface area contributed by atoms with E-state index < -0.39 is 35.9 Å². The number of hydrogen-bond acceptors (Lipinski definition) is 6. The number of nitrogens with zero attached hydrogens (tertiary/aromatic N) is 2. The maximum atomic E-state index is 13.8. The molecule has 2 N–H and O–H groups in total. The van der Waals surface area contributed by atoms with Crippen molar-refractivity contribution in [3.8, 4) is 0 Å². The van der Waals surface area contributed by atoms with Crippen LogP contribution in [0.2, 0.25) is 0 Å². The zero-order chi connectivity index (χ0) is 26.5. The van der Waals surface area contributed by atoms with Gasteiger partial charge in [0.2, 0.25) is 5.91 Å². The van der Waals surface area contributed by atoms with Crippen LogP contribution in [-0.2, 0) is 22.6 Å². The van der Waals surface area contributed by atoms with Crippen LogP contribution < -0.4 is 10.6 Å². The Hall–Kier alpha value is -4.99. The summed E-state index contributed by atoms with van der Waals surface area (Å²) < 4.78 is 24.6. The van der Waals surface area contributed by atoms with Gasteiger partial charge in [-0.25, -0.2) is 9.18 Å². The van der Waals surface area contributed by atoms with Crippen LogP contribution in [0.4, 0.5) is 14.9 Å². The first-order valence-corrected chi connectivity index (χ1v) is 11.8. The molecule has 4 aromatic rings. The summed E-state index contributed by atoms with van der Waals surface area (Å²) in [5.41, 5.74) is 2.35. The van der Waals surface area contributed by atoms with Crippen molar-refractivity contribution in [3.05, 3.63) is 120 Å². The van der Waals surface area contributed by atoms with Crippen molar-refractivity contribution in [3.63, 3.8) is 0 Å². The van der Waals surface area contributed by atoms with Gasteiger partial charge in [0.05, 0.1) is 12.8 Å². The summed E-state index contributed by atoms with van der Waals surface area (Å²) in [5.74, 6) is -1.13. The highest BCUT2D eigenvalue weighted by molar-refractivity contribution is 6.02. The van der Waals surface area contributed by atoms with E-state index in [1.807, 2.05) is 6.07 Å². The molecule has 2 atom stereocenters. The van der Waals surface area contributed by atoms with Crippen LogP contribution in [0, 0.1) is 5.82 Å². The number of pyridine rings is 1. The second kappa shape index (κ2) is 11.0. The average molecular weight is 515 g/mol. The Balaban J connectivity index is 1.37. The average Bonchev–Trinajstić information content (AvgIpc) is 3.57. The van der Waals surface area contributed by atoms with Crippen LogP contribution in [0.1, 0.15) is 33.3 Å². The summed E-state index contributed by atoms with van der Waals surface area (Å²) in [7, 11) is 0. The Kier molecular flexibility index (Phi) is 7.12. The Bertz CT molecular complexity index is 1430. The minimum atomic E-state index is -1.02. The quantitative estimate of drug-likeness (QED) is 0.359. The highest BCUT2D eigenvalue weighted by Crippen LogP contribution is 2.34. The van der Waals surface area contributed by atoms with Gasteiger partial charge in [-0.3, -0.25) is 19.5 Å². The Morgan fingerprint density at radius 2 is 1.82 bits per heavy atom. The van der Waals surface area contributed by atoms with Crippen molar-refractivity contribution in [1.82, 2.24) is 15.2 Å². The Labute approximate surface area is 217 Å². The standard InChI is InChI=1S/C28H23FN4O5/c29-21-6-1-4-18(14-21)17-33-24(27(35)31-16-19-5-2-12-30-15-19)25(38-28(33)36)20-8-10-22(11-9-20)32-26(34)23-7-3-13-37-23/h1-15,24-25H,16-17H2,(H,31,35)(H,32,34)/t24-,25+/m1/s1. The summed E-state index contributed by atoms with van der Waals surface area (Å²) >= 11 is 0. The van der Waals surface area contributed by atoms with Crippen LogP contribution in [0.15, 0.2) is 95.9 Å². The number of halogens is 1. The smallest absolute Gasteiger partial charge is 0.411 e. The van der Waals surface area contributed by atoms with E-state index in [0.717, 1.165) is 5.56 Å². The second-order valence-electron chi connectivity index (χ2n) is 8.64. The number of anilines is 1. The molecular formula is C28H23FN4O5. The number of hydrogen-bond donors (Lipinski definition) is 2. The van der Waals surface area contributed by atoms with Gasteiger partial charge in [0.1, 0.15) is 5.82 Å². The minimum Gasteiger partial charge on any atom is -0.459 e. The summed E-state index contributed by atoms with van der Waals surface area (Å²) in [5, 5.41) is 5.57. The molecule has 1 saturated heterocycles. The maximum Gasteiger partial charge on any atom is 0.411 e. The van der Waals surface area contributed by atoms with Crippen LogP contribution in [0.3, 0.4) is 0 Å². The number of carbonyl (C=O) groups excluding carboxylic acids is 3. The molecule has 2 aromatic heterocycles. The highest BCUT2D eigenvalue weighted by atomic mass is 19.1. The van der Waals surface area contributed by atoms with Gasteiger partial charge in [0.15, 0.2) is 17.9 Å². The van der Waals surface area contributed by atoms with Crippen LogP contribution in [0.5, 0.6) is 0 Å². The summed E-state index contributed by atoms with van der Waals surface area (Å²) in [4.78, 5) is 43.9. The van der Waals surface area contributed by atoms with Gasteiger partial charge in [-0.15, -0.1) is 0 Å². The zero-order valence-corrected chi connectivity index (χ0v) is 20.0. The van der Waals surface area contributed by atoms with Gasteiger partial charge in [0.25, 0.3) is 5.91 Å². The molecule has 0 bridgehead atoms. The Morgan fingerprint density at radius 3 is 2.53 bits per heavy atom. The first-order chi connectivity index (χ1) is 18.5. The van der Waals surface area contributed by atoms with Crippen LogP contribution in [0.25, 0.3) is 0 Å². The third kappa shape index (κ3) is 5.54. The molecule has 5 rings (SSSR count). The molecule has 38 heavy (non-hydrogen) atoms. The lowest BCUT2D eigenvalue weighted by Gasteiger charge is -2.24. The van der Waals surface area contributed by atoms with Crippen molar-refractivity contribution in [2.45, 2.75) is 25.2 Å². The zero-order valence-electron chi connectivity index (χ0n) is 20.0. The molecule has 3 amide bonds. The monoisotopic (exact) mass is 514 g/mol. The first kappa shape index (κ1) is 24.7. The topological polar surface area (TPSA) is 114 Å². The van der Waals surface area contributed by atoms with Crippen molar-refractivity contribution in [1.29, 1.82) is 0 Å². The van der Waals surface area contributed by atoms with Crippen molar-refractivity contribution in [2.24, 2.45) is 0 Å². The Morgan fingerprint density at radius 1 is 1.00 bits per heavy atom. The van der Waals surface area contributed by atoms with E-state index in [2.05, 4.69) is 15.6 Å². The summed E-state index contributed by atoms with van der Waals surface area (Å²) in [6, 6.07) is 18.2. The van der Waals surface area contributed by atoms with E-state index in [4.69, 9.17) is 9.15 Å². The number of benzene rings is 2. The lowest BCUT2D eigenvalue weighted by atomic mass is 10.00. The summed E-state index contributed by atoms with van der Waals surface area (Å²) in [6.45, 7) is 0.186. The summed E-state index contributed by atoms with van der Waals surface area (Å²) in [6.07, 6.45) is 3.04.